The molecule has 2 aromatic carbocycles. The van der Waals surface area contributed by atoms with Crippen LogP contribution in [0.25, 0.3) is 16.8 Å². The lowest BCUT2D eigenvalue weighted by Crippen LogP contribution is -2.31. The summed E-state index contributed by atoms with van der Waals surface area (Å²) in [6.45, 7) is 1.21. The smallest absolute Gasteiger partial charge is 0.251 e. The molecule has 0 atom stereocenters. The number of anilines is 2. The van der Waals surface area contributed by atoms with E-state index in [1.54, 1.807) is 15.7 Å². The molecule has 2 aliphatic rings. The zero-order valence-corrected chi connectivity index (χ0v) is 15.6. The maximum absolute atomic E-state index is 12.0. The highest BCUT2D eigenvalue weighted by molar-refractivity contribution is 6.04. The molecule has 0 aliphatic carbocycles. The van der Waals surface area contributed by atoms with E-state index < -0.39 is 0 Å². The number of benzene rings is 2. The van der Waals surface area contributed by atoms with Crippen molar-refractivity contribution in [2.75, 3.05) is 23.7 Å². The predicted molar refractivity (Wildman–Crippen MR) is 111 cm³/mol. The Labute approximate surface area is 167 Å². The Morgan fingerprint density at radius 1 is 1.03 bits per heavy atom. The second kappa shape index (κ2) is 6.63. The van der Waals surface area contributed by atoms with Gasteiger partial charge in [0.2, 0.25) is 0 Å². The molecule has 7 nitrogen and oxygen atoms in total. The van der Waals surface area contributed by atoms with Crippen LogP contribution in [0.2, 0.25) is 0 Å². The number of rotatable bonds is 3. The highest BCUT2D eigenvalue weighted by Gasteiger charge is 2.19. The van der Waals surface area contributed by atoms with Crippen molar-refractivity contribution in [3.63, 3.8) is 0 Å². The highest BCUT2D eigenvalue weighted by Crippen LogP contribution is 2.30. The molecule has 0 fully saturated rings. The van der Waals surface area contributed by atoms with Crippen LogP contribution in [0.3, 0.4) is 0 Å². The van der Waals surface area contributed by atoms with E-state index in [0.29, 0.717) is 24.5 Å². The number of carbonyl (C=O) groups is 2. The molecule has 3 N–H and O–H groups in total. The van der Waals surface area contributed by atoms with Gasteiger partial charge in [0.1, 0.15) is 0 Å². The molecule has 0 spiro atoms. The fourth-order valence-corrected chi connectivity index (χ4v) is 3.81. The SMILES string of the molecule is Nc1nn(-c2cccc(N3CC=CC3=O)c2)cc1-c1ccc2c(c1)CCNC2=O. The van der Waals surface area contributed by atoms with Gasteiger partial charge in [-0.3, -0.25) is 9.59 Å². The molecule has 0 radical (unpaired) electrons. The second-order valence-electron chi connectivity index (χ2n) is 7.12. The first-order chi connectivity index (χ1) is 14.1. The Morgan fingerprint density at radius 3 is 2.72 bits per heavy atom. The zero-order chi connectivity index (χ0) is 20.0. The summed E-state index contributed by atoms with van der Waals surface area (Å²) < 4.78 is 1.72. The fraction of sp³-hybridized carbons (Fsp3) is 0.136. The molecule has 144 valence electrons. The molecule has 0 bridgehead atoms. The number of nitrogens with zero attached hydrogens (tertiary/aromatic N) is 3. The molecule has 1 aromatic heterocycles. The van der Waals surface area contributed by atoms with Crippen molar-refractivity contribution in [2.24, 2.45) is 0 Å². The molecule has 7 heteroatoms. The van der Waals surface area contributed by atoms with Crippen molar-refractivity contribution in [1.29, 1.82) is 0 Å². The van der Waals surface area contributed by atoms with Gasteiger partial charge in [-0.1, -0.05) is 24.3 Å². The Balaban J connectivity index is 1.50. The fourth-order valence-electron chi connectivity index (χ4n) is 3.81. The minimum absolute atomic E-state index is 0.0269. The van der Waals surface area contributed by atoms with Crippen LogP contribution in [-0.4, -0.2) is 34.7 Å². The monoisotopic (exact) mass is 385 g/mol. The third-order valence-corrected chi connectivity index (χ3v) is 5.30. The van der Waals surface area contributed by atoms with E-state index in [4.69, 9.17) is 5.73 Å². The van der Waals surface area contributed by atoms with Gasteiger partial charge in [0.05, 0.1) is 5.69 Å². The van der Waals surface area contributed by atoms with Crippen LogP contribution in [0.5, 0.6) is 0 Å². The summed E-state index contributed by atoms with van der Waals surface area (Å²) in [6, 6.07) is 13.4. The van der Waals surface area contributed by atoms with Gasteiger partial charge in [0.25, 0.3) is 11.8 Å². The second-order valence-corrected chi connectivity index (χ2v) is 7.12. The maximum atomic E-state index is 12.0. The zero-order valence-electron chi connectivity index (χ0n) is 15.6. The van der Waals surface area contributed by atoms with Crippen molar-refractivity contribution in [3.8, 4) is 16.8 Å². The van der Waals surface area contributed by atoms with Gasteiger partial charge in [-0.2, -0.15) is 5.10 Å². The number of amides is 2. The van der Waals surface area contributed by atoms with Gasteiger partial charge in [-0.05, 0) is 41.8 Å². The number of nitrogens with one attached hydrogen (secondary N) is 1. The average Bonchev–Trinajstić information content (AvgIpc) is 3.34. The first-order valence-electron chi connectivity index (χ1n) is 9.45. The van der Waals surface area contributed by atoms with E-state index in [0.717, 1.165) is 34.5 Å². The van der Waals surface area contributed by atoms with Crippen molar-refractivity contribution in [3.05, 3.63) is 71.9 Å². The summed E-state index contributed by atoms with van der Waals surface area (Å²) in [5, 5.41) is 7.32. The minimum atomic E-state index is -0.0377. The molecule has 5 rings (SSSR count). The first kappa shape index (κ1) is 17.2. The number of nitrogens with two attached hydrogens (primary N) is 1. The van der Waals surface area contributed by atoms with Crippen molar-refractivity contribution in [2.45, 2.75) is 6.42 Å². The summed E-state index contributed by atoms with van der Waals surface area (Å²) in [5.74, 6) is 0.347. The molecule has 3 aromatic rings. The van der Waals surface area contributed by atoms with E-state index >= 15 is 0 Å². The Kier molecular flexibility index (Phi) is 3.94. The largest absolute Gasteiger partial charge is 0.382 e. The van der Waals surface area contributed by atoms with Gasteiger partial charge >= 0.3 is 0 Å². The number of aromatic nitrogens is 2. The molecule has 2 aliphatic heterocycles. The normalized spacial score (nSPS) is 15.5. The van der Waals surface area contributed by atoms with Gasteiger partial charge < -0.3 is 16.0 Å². The van der Waals surface area contributed by atoms with Gasteiger partial charge in [0.15, 0.2) is 5.82 Å². The van der Waals surface area contributed by atoms with Crippen LogP contribution < -0.4 is 16.0 Å². The predicted octanol–water partition coefficient (Wildman–Crippen LogP) is 2.31. The van der Waals surface area contributed by atoms with Crippen LogP contribution in [0.15, 0.2) is 60.8 Å². The van der Waals surface area contributed by atoms with Crippen molar-refractivity contribution < 1.29 is 9.59 Å². The van der Waals surface area contributed by atoms with Gasteiger partial charge in [-0.15, -0.1) is 0 Å². The van der Waals surface area contributed by atoms with E-state index in [9.17, 15) is 9.59 Å². The molecule has 0 saturated carbocycles. The molecule has 0 saturated heterocycles. The quantitative estimate of drug-likeness (QED) is 0.724. The Hall–Kier alpha value is -3.87. The van der Waals surface area contributed by atoms with Crippen LogP contribution in [0.4, 0.5) is 11.5 Å². The summed E-state index contributed by atoms with van der Waals surface area (Å²) >= 11 is 0. The molecule has 2 amide bonds. The van der Waals surface area contributed by atoms with Crippen LogP contribution in [0, 0.1) is 0 Å². The number of carbonyl (C=O) groups excluding carboxylic acids is 2. The number of fused-ring (bicyclic) bond motifs is 1. The topological polar surface area (TPSA) is 93.2 Å². The summed E-state index contributed by atoms with van der Waals surface area (Å²) in [4.78, 5) is 25.6. The average molecular weight is 385 g/mol. The summed E-state index contributed by atoms with van der Waals surface area (Å²) in [6.07, 6.45) is 6.09. The third-order valence-electron chi connectivity index (χ3n) is 5.30. The number of hydrogen-bond donors (Lipinski definition) is 2. The summed E-state index contributed by atoms with van der Waals surface area (Å²) in [5.41, 5.74) is 11.3. The minimum Gasteiger partial charge on any atom is -0.382 e. The lowest BCUT2D eigenvalue weighted by molar-refractivity contribution is -0.113. The maximum Gasteiger partial charge on any atom is 0.251 e. The standard InChI is InChI=1S/C22H19N5O2/c23-21-19(14-6-7-18-15(11-14)8-9-24-22(18)29)13-27(25-21)17-4-1-3-16(12-17)26-10-2-5-20(26)28/h1-7,11-13H,8-10H2,(H2,23,25)(H,24,29). The molecular weight excluding hydrogens is 366 g/mol. The number of hydrogen-bond acceptors (Lipinski definition) is 4. The third kappa shape index (κ3) is 2.97. The molecule has 3 heterocycles. The number of nitrogen functional groups attached to an aromatic ring is 1. The van der Waals surface area contributed by atoms with E-state index in [2.05, 4.69) is 10.4 Å². The summed E-state index contributed by atoms with van der Waals surface area (Å²) in [7, 11) is 0. The first-order valence-corrected chi connectivity index (χ1v) is 9.45. The molecule has 0 unspecified atom stereocenters. The highest BCUT2D eigenvalue weighted by atomic mass is 16.2. The Morgan fingerprint density at radius 2 is 1.90 bits per heavy atom. The van der Waals surface area contributed by atoms with E-state index in [-0.39, 0.29) is 11.8 Å². The Bertz CT molecular complexity index is 1180. The van der Waals surface area contributed by atoms with Crippen molar-refractivity contribution >= 4 is 23.3 Å². The van der Waals surface area contributed by atoms with Gasteiger partial charge in [0, 0.05) is 42.2 Å². The van der Waals surface area contributed by atoms with Crippen molar-refractivity contribution in [1.82, 2.24) is 15.1 Å². The van der Waals surface area contributed by atoms with Crippen LogP contribution >= 0.6 is 0 Å². The molecular formula is C22H19N5O2. The van der Waals surface area contributed by atoms with E-state index in [1.165, 1.54) is 0 Å². The van der Waals surface area contributed by atoms with Crippen LogP contribution in [-0.2, 0) is 11.2 Å². The van der Waals surface area contributed by atoms with Gasteiger partial charge in [-0.25, -0.2) is 4.68 Å². The molecule has 29 heavy (non-hydrogen) atoms. The lowest BCUT2D eigenvalue weighted by atomic mass is 9.96. The van der Waals surface area contributed by atoms with Crippen LogP contribution in [0.1, 0.15) is 15.9 Å². The van der Waals surface area contributed by atoms with E-state index in [1.807, 2.05) is 54.7 Å². The lowest BCUT2D eigenvalue weighted by Gasteiger charge is -2.17.